The Morgan fingerprint density at radius 3 is 2.29 bits per heavy atom. The fraction of sp³-hybridized carbons (Fsp3) is 0.429. The summed E-state index contributed by atoms with van der Waals surface area (Å²) < 4.78 is 22.6. The predicted octanol–water partition coefficient (Wildman–Crippen LogP) is 1.32. The minimum absolute atomic E-state index is 0.161. The molecule has 0 saturated heterocycles. The van der Waals surface area contributed by atoms with Crippen molar-refractivity contribution in [3.05, 3.63) is 29.8 Å². The second-order valence-electron chi connectivity index (χ2n) is 4.93. The van der Waals surface area contributed by atoms with E-state index in [1.165, 1.54) is 24.3 Å². The Morgan fingerprint density at radius 2 is 1.81 bits per heavy atom. The van der Waals surface area contributed by atoms with E-state index in [4.69, 9.17) is 5.11 Å². The lowest BCUT2D eigenvalue weighted by molar-refractivity contribution is -0.141. The third kappa shape index (κ3) is 5.55. The van der Waals surface area contributed by atoms with Gasteiger partial charge in [0.1, 0.15) is 0 Å². The van der Waals surface area contributed by atoms with Gasteiger partial charge < -0.3 is 10.4 Å². The number of nitrogens with one attached hydrogen (secondary N) is 1. The summed E-state index contributed by atoms with van der Waals surface area (Å²) in [4.78, 5) is 22.6. The van der Waals surface area contributed by atoms with Gasteiger partial charge in [-0.2, -0.15) is 0 Å². The van der Waals surface area contributed by atoms with E-state index in [0.29, 0.717) is 24.9 Å². The molecular formula is C14H19NO5S. The van der Waals surface area contributed by atoms with Crippen LogP contribution in [0.4, 0.5) is 0 Å². The quantitative estimate of drug-likeness (QED) is 0.739. The lowest BCUT2D eigenvalue weighted by atomic mass is 10.1. The van der Waals surface area contributed by atoms with Crippen molar-refractivity contribution in [1.82, 2.24) is 5.32 Å². The first-order chi connectivity index (χ1) is 9.71. The maximum Gasteiger partial charge on any atom is 0.306 e. The number of rotatable bonds is 7. The van der Waals surface area contributed by atoms with Crippen molar-refractivity contribution < 1.29 is 23.1 Å². The van der Waals surface area contributed by atoms with Gasteiger partial charge in [0.2, 0.25) is 0 Å². The van der Waals surface area contributed by atoms with Crippen LogP contribution in [0.25, 0.3) is 0 Å². The largest absolute Gasteiger partial charge is 0.481 e. The first-order valence-electron chi connectivity index (χ1n) is 6.53. The SMILES string of the molecule is CC(CCCNC(=O)c1ccc(S(C)(=O)=O)cc1)C(=O)O. The van der Waals surface area contributed by atoms with E-state index in [1.807, 2.05) is 0 Å². The van der Waals surface area contributed by atoms with Gasteiger partial charge >= 0.3 is 5.97 Å². The van der Waals surface area contributed by atoms with E-state index in [2.05, 4.69) is 5.32 Å². The van der Waals surface area contributed by atoms with Crippen molar-refractivity contribution in [3.8, 4) is 0 Å². The molecule has 1 amide bonds. The first-order valence-corrected chi connectivity index (χ1v) is 8.42. The topological polar surface area (TPSA) is 101 Å². The molecule has 0 fully saturated rings. The highest BCUT2D eigenvalue weighted by molar-refractivity contribution is 7.90. The fourth-order valence-corrected chi connectivity index (χ4v) is 2.32. The second-order valence-corrected chi connectivity index (χ2v) is 6.95. The summed E-state index contributed by atoms with van der Waals surface area (Å²) in [7, 11) is -3.27. The number of benzene rings is 1. The molecule has 1 atom stereocenters. The number of hydrogen-bond donors (Lipinski definition) is 2. The number of aliphatic carboxylic acids is 1. The molecule has 6 nitrogen and oxygen atoms in total. The molecule has 1 rings (SSSR count). The normalized spacial score (nSPS) is 12.7. The number of carbonyl (C=O) groups excluding carboxylic acids is 1. The number of amides is 1. The summed E-state index contributed by atoms with van der Waals surface area (Å²) in [5.74, 6) is -1.59. The Kier molecular flexibility index (Phi) is 5.90. The zero-order valence-electron chi connectivity index (χ0n) is 12.0. The van der Waals surface area contributed by atoms with Gasteiger partial charge in [0, 0.05) is 18.4 Å². The zero-order chi connectivity index (χ0) is 16.0. The van der Waals surface area contributed by atoms with Gasteiger partial charge in [0.15, 0.2) is 9.84 Å². The third-order valence-corrected chi connectivity index (χ3v) is 4.19. The van der Waals surface area contributed by atoms with Crippen LogP contribution in [0.3, 0.4) is 0 Å². The Balaban J connectivity index is 2.48. The number of carboxylic acids is 1. The summed E-state index contributed by atoms with van der Waals surface area (Å²) in [6.07, 6.45) is 2.16. The van der Waals surface area contributed by atoms with Crippen molar-refractivity contribution in [3.63, 3.8) is 0 Å². The van der Waals surface area contributed by atoms with E-state index in [-0.39, 0.29) is 10.8 Å². The molecule has 1 unspecified atom stereocenters. The molecule has 0 aliphatic heterocycles. The molecule has 116 valence electrons. The van der Waals surface area contributed by atoms with Crippen LogP contribution in [0.1, 0.15) is 30.1 Å². The van der Waals surface area contributed by atoms with Gasteiger partial charge in [-0.05, 0) is 37.1 Å². The molecule has 0 saturated carbocycles. The lowest BCUT2D eigenvalue weighted by Crippen LogP contribution is -2.25. The average Bonchev–Trinajstić information content (AvgIpc) is 2.42. The van der Waals surface area contributed by atoms with Crippen LogP contribution in [0, 0.1) is 5.92 Å². The van der Waals surface area contributed by atoms with E-state index < -0.39 is 21.7 Å². The molecule has 1 aromatic rings. The Bertz CT molecular complexity index is 607. The molecule has 1 aromatic carbocycles. The summed E-state index contributed by atoms with van der Waals surface area (Å²) >= 11 is 0. The lowest BCUT2D eigenvalue weighted by Gasteiger charge is -2.08. The van der Waals surface area contributed by atoms with Gasteiger partial charge in [-0.1, -0.05) is 6.92 Å². The maximum atomic E-state index is 11.8. The summed E-state index contributed by atoms with van der Waals surface area (Å²) in [6, 6.07) is 5.67. The first kappa shape index (κ1) is 17.2. The Morgan fingerprint density at radius 1 is 1.24 bits per heavy atom. The van der Waals surface area contributed by atoms with E-state index >= 15 is 0 Å². The van der Waals surface area contributed by atoms with Crippen LogP contribution < -0.4 is 5.32 Å². The smallest absolute Gasteiger partial charge is 0.306 e. The predicted molar refractivity (Wildman–Crippen MR) is 77.9 cm³/mol. The standard InChI is InChI=1S/C14H19NO5S/c1-10(14(17)18)4-3-9-15-13(16)11-5-7-12(8-6-11)21(2,19)20/h5-8,10H,3-4,9H2,1-2H3,(H,15,16)(H,17,18). The van der Waals surface area contributed by atoms with Gasteiger partial charge in [0.25, 0.3) is 5.91 Å². The second kappa shape index (κ2) is 7.21. The molecule has 0 aliphatic rings. The number of carboxylic acid groups (broad SMARTS) is 1. The molecule has 0 aliphatic carbocycles. The molecule has 0 aromatic heterocycles. The summed E-state index contributed by atoms with van der Waals surface area (Å²) in [6.45, 7) is 2.00. The summed E-state index contributed by atoms with van der Waals surface area (Å²) in [5, 5.41) is 11.4. The van der Waals surface area contributed by atoms with Crippen LogP contribution in [0.5, 0.6) is 0 Å². The zero-order valence-corrected chi connectivity index (χ0v) is 12.8. The average molecular weight is 313 g/mol. The molecule has 7 heteroatoms. The number of sulfone groups is 1. The number of carbonyl (C=O) groups is 2. The van der Waals surface area contributed by atoms with Crippen LogP contribution in [0.15, 0.2) is 29.2 Å². The molecule has 0 spiro atoms. The highest BCUT2D eigenvalue weighted by Gasteiger charge is 2.11. The van der Waals surface area contributed by atoms with E-state index in [0.717, 1.165) is 6.26 Å². The van der Waals surface area contributed by atoms with Gasteiger partial charge in [-0.3, -0.25) is 9.59 Å². The fourth-order valence-electron chi connectivity index (χ4n) is 1.69. The minimum atomic E-state index is -3.27. The Hall–Kier alpha value is -1.89. The van der Waals surface area contributed by atoms with Crippen molar-refractivity contribution >= 4 is 21.7 Å². The van der Waals surface area contributed by atoms with Gasteiger partial charge in [0.05, 0.1) is 10.8 Å². The van der Waals surface area contributed by atoms with Crippen LogP contribution >= 0.6 is 0 Å². The van der Waals surface area contributed by atoms with Gasteiger partial charge in [-0.25, -0.2) is 8.42 Å². The van der Waals surface area contributed by atoms with Crippen molar-refractivity contribution in [2.45, 2.75) is 24.7 Å². The molecule has 0 heterocycles. The molecule has 2 N–H and O–H groups in total. The van der Waals surface area contributed by atoms with Crippen LogP contribution in [-0.4, -0.2) is 38.2 Å². The molecule has 0 bridgehead atoms. The minimum Gasteiger partial charge on any atom is -0.481 e. The monoisotopic (exact) mass is 313 g/mol. The molecule has 0 radical (unpaired) electrons. The summed E-state index contributed by atoms with van der Waals surface area (Å²) in [5.41, 5.74) is 0.369. The number of hydrogen-bond acceptors (Lipinski definition) is 4. The van der Waals surface area contributed by atoms with E-state index in [1.54, 1.807) is 6.92 Å². The van der Waals surface area contributed by atoms with Crippen molar-refractivity contribution in [2.75, 3.05) is 12.8 Å². The Labute approximate surface area is 124 Å². The third-order valence-electron chi connectivity index (χ3n) is 3.07. The molecular weight excluding hydrogens is 294 g/mol. The van der Waals surface area contributed by atoms with Gasteiger partial charge in [-0.15, -0.1) is 0 Å². The van der Waals surface area contributed by atoms with Crippen molar-refractivity contribution in [2.24, 2.45) is 5.92 Å². The van der Waals surface area contributed by atoms with Crippen molar-refractivity contribution in [1.29, 1.82) is 0 Å². The van der Waals surface area contributed by atoms with E-state index in [9.17, 15) is 18.0 Å². The highest BCUT2D eigenvalue weighted by Crippen LogP contribution is 2.10. The van der Waals surface area contributed by atoms with Crippen LogP contribution in [-0.2, 0) is 14.6 Å². The molecule has 21 heavy (non-hydrogen) atoms. The maximum absolute atomic E-state index is 11.8. The highest BCUT2D eigenvalue weighted by atomic mass is 32.2. The van der Waals surface area contributed by atoms with Crippen LogP contribution in [0.2, 0.25) is 0 Å².